The van der Waals surface area contributed by atoms with E-state index in [9.17, 15) is 10.2 Å². The minimum atomic E-state index is -0.166. The number of hydrazine groups is 6. The quantitative estimate of drug-likeness (QED) is 0.0179. The summed E-state index contributed by atoms with van der Waals surface area (Å²) in [7, 11) is 0. The van der Waals surface area contributed by atoms with E-state index in [2.05, 4.69) is 262 Å². The molecule has 2 saturated heterocycles. The number of aryl methyl sites for hydroxylation is 4. The summed E-state index contributed by atoms with van der Waals surface area (Å²) in [5.74, 6) is 4.81. The number of aliphatic hydroxyl groups excluding tert-OH is 2. The van der Waals surface area contributed by atoms with Crippen molar-refractivity contribution < 1.29 is 10.2 Å². The zero-order valence-electron chi connectivity index (χ0n) is 66.3. The topological polar surface area (TPSA) is 295 Å². The fourth-order valence-corrected chi connectivity index (χ4v) is 16.3. The van der Waals surface area contributed by atoms with Crippen LogP contribution in [0.5, 0.6) is 0 Å². The van der Waals surface area contributed by atoms with Crippen LogP contribution in [0.15, 0.2) is 194 Å². The number of rotatable bonds is 34. The molecule has 6 aromatic heterocycles. The maximum Gasteiger partial charge on any atom is 0.205 e. The van der Waals surface area contributed by atoms with E-state index < -0.39 is 0 Å². The minimum Gasteiger partial charge on any atom is -0.390 e. The van der Waals surface area contributed by atoms with Gasteiger partial charge in [0, 0.05) is 63.0 Å². The van der Waals surface area contributed by atoms with Crippen molar-refractivity contribution in [1.29, 1.82) is 0 Å². The van der Waals surface area contributed by atoms with Crippen LogP contribution in [0.25, 0.3) is 67.3 Å². The van der Waals surface area contributed by atoms with Crippen molar-refractivity contribution in [3.63, 3.8) is 0 Å². The second-order valence-electron chi connectivity index (χ2n) is 29.4. The lowest BCUT2D eigenvalue weighted by atomic mass is 9.97. The molecular weight excluding hydrogens is 1570 g/mol. The van der Waals surface area contributed by atoms with E-state index in [4.69, 9.17) is 61.5 Å². The first-order valence-corrected chi connectivity index (χ1v) is 41.9. The molecule has 10 N–H and O–H groups in total. The van der Waals surface area contributed by atoms with Gasteiger partial charge in [-0.1, -0.05) is 294 Å². The largest absolute Gasteiger partial charge is 0.390 e. The van der Waals surface area contributed by atoms with Crippen molar-refractivity contribution >= 4 is 46.4 Å². The minimum absolute atomic E-state index is 0.0701. The highest BCUT2D eigenvalue weighted by molar-refractivity contribution is 6.31. The molecule has 8 aromatic carbocycles. The molecule has 8 heterocycles. The van der Waals surface area contributed by atoms with Crippen LogP contribution in [0.2, 0.25) is 20.6 Å². The van der Waals surface area contributed by atoms with Gasteiger partial charge >= 0.3 is 0 Å². The van der Waals surface area contributed by atoms with Gasteiger partial charge in [-0.25, -0.2) is 46.3 Å². The molecule has 118 heavy (non-hydrogen) atoms. The normalized spacial score (nSPS) is 13.2. The summed E-state index contributed by atoms with van der Waals surface area (Å²) in [4.78, 5) is 20.4. The van der Waals surface area contributed by atoms with Crippen LogP contribution >= 0.6 is 46.4 Å². The van der Waals surface area contributed by atoms with Crippen LogP contribution in [0.3, 0.4) is 0 Å². The Balaban J connectivity index is 0.000000185. The van der Waals surface area contributed by atoms with Gasteiger partial charge in [0.15, 0.2) is 26.4 Å². The third kappa shape index (κ3) is 19.0. The zero-order chi connectivity index (χ0) is 81.4. The van der Waals surface area contributed by atoms with Gasteiger partial charge in [-0.2, -0.15) is 26.9 Å². The molecule has 26 nitrogen and oxygen atoms in total. The molecule has 0 radical (unpaired) electrons. The molecule has 0 spiro atoms. The molecule has 0 amide bonds. The van der Waals surface area contributed by atoms with E-state index >= 15 is 0 Å². The number of aromatic nitrogens is 16. The van der Waals surface area contributed by atoms with E-state index in [0.29, 0.717) is 82.9 Å². The number of hydrogen-bond donors (Lipinski definition) is 10. The Labute approximate surface area is 705 Å². The Morgan fingerprint density at radius 3 is 1.04 bits per heavy atom. The Bertz CT molecular complexity index is 5670. The predicted molar refractivity (Wildman–Crippen MR) is 462 cm³/mol. The van der Waals surface area contributed by atoms with E-state index in [1.807, 2.05) is 62.3 Å². The molecule has 0 saturated carbocycles. The highest BCUT2D eigenvalue weighted by Gasteiger charge is 2.27. The maximum atomic E-state index is 10.1. The van der Waals surface area contributed by atoms with Crippen LogP contribution in [-0.4, -0.2) is 88.8 Å². The molecule has 2 fully saturated rings. The molecule has 0 bridgehead atoms. The predicted octanol–water partition coefficient (Wildman–Crippen LogP) is 15.6. The van der Waals surface area contributed by atoms with E-state index in [1.165, 1.54) is 0 Å². The number of hydrogen-bond acceptors (Lipinski definition) is 20. The summed E-state index contributed by atoms with van der Waals surface area (Å²) in [5.41, 5.74) is 44.4. The number of tetrazole rings is 2. The average Bonchev–Trinajstić information content (AvgIpc) is 1.62. The van der Waals surface area contributed by atoms with Gasteiger partial charge in [-0.3, -0.25) is 0 Å². The van der Waals surface area contributed by atoms with E-state index in [0.717, 1.165) is 201 Å². The van der Waals surface area contributed by atoms with Gasteiger partial charge in [0.2, 0.25) is 5.82 Å². The Kier molecular flexibility index (Phi) is 27.6. The lowest BCUT2D eigenvalue weighted by Gasteiger charge is -2.16. The zero-order valence-corrected chi connectivity index (χ0v) is 69.4. The lowest BCUT2D eigenvalue weighted by molar-refractivity contribution is 0.271. The smallest absolute Gasteiger partial charge is 0.205 e. The number of aliphatic hydroxyl groups is 2. The SMILES string of the molecule is CCCCc1nc(Cl)c(CO)n1Cc1ccc(-c2ccccc2-c2nnn(Cc3c(Cl)nc(CCCC)n3Cc3ccc(-c4ccccc4C4NNNN4)cc3)n2)cc1.CCCCc1nc(Cl)c(CO)n1Cc1ccc(-c2ccccc2-c2nnnn2Cc2c(Cl)nc(CCCC)n2Cc2ccc(-c3ccccc3C3NNNN3)cc2)cc1. The number of benzene rings is 8. The van der Waals surface area contributed by atoms with Crippen molar-refractivity contribution in [2.75, 3.05) is 0 Å². The number of nitrogens with zero attached hydrogens (tertiary/aromatic N) is 16. The number of imidazole rings is 4. The first-order valence-electron chi connectivity index (χ1n) is 40.4. The molecule has 2 aliphatic heterocycles. The van der Waals surface area contributed by atoms with Crippen LogP contribution in [0, 0.1) is 0 Å². The molecule has 16 rings (SSSR count). The standard InChI is InChI=1S/2C44H48Cl2N12O/c1-3-5-15-39-47-41(45)37(56(39)25-29-17-21-31(22-18-29)33-11-7-9-13-35(33)43-49-52-53-50-43)27-58-44(51-54-55-58)36-14-10-8-12-34(36)32-23-19-30(20-24-32)26-57-38(28-59)42(46)48-40(57)16-6-4-2;1-3-5-15-39-47-41(45)37(56(39)25-29-17-21-31(22-18-29)33-11-7-9-13-35(33)43-49-53-54-50-43)27-58-52-44(51-55-58)36-14-10-8-12-34(36)32-23-19-30(20-24-32)26-57-38(28-59)42(46)48-40(57)16-6-4-2/h7-14,17-24,43,49-50,52-53,59H,3-6,15-16,25-28H2,1-2H3;7-14,17-24,43,49-50,53-54,59H,3-6,15-16,25-28H2,1-2H3. The molecular formula is C88H96Cl4N24O2. The summed E-state index contributed by atoms with van der Waals surface area (Å²) in [6, 6.07) is 67.1. The lowest BCUT2D eigenvalue weighted by Crippen LogP contribution is -2.33. The Hall–Kier alpha value is -10.5. The molecule has 14 aromatic rings. The number of unbranched alkanes of at least 4 members (excludes halogenated alkanes) is 4. The van der Waals surface area contributed by atoms with Crippen molar-refractivity contribution in [3.05, 3.63) is 294 Å². The Morgan fingerprint density at radius 1 is 0.339 bits per heavy atom. The van der Waals surface area contributed by atoms with Gasteiger partial charge in [0.1, 0.15) is 42.2 Å². The monoisotopic (exact) mass is 1660 g/mol. The van der Waals surface area contributed by atoms with Crippen molar-refractivity contribution in [3.8, 4) is 67.3 Å². The summed E-state index contributed by atoms with van der Waals surface area (Å²) in [5, 5.41) is 48.8. The fraction of sp³-hybridized carbons (Fsp3) is 0.295. The van der Waals surface area contributed by atoms with Crippen LogP contribution in [-0.2, 0) is 78.2 Å². The van der Waals surface area contributed by atoms with Crippen LogP contribution < -0.4 is 43.8 Å². The van der Waals surface area contributed by atoms with Crippen molar-refractivity contribution in [1.82, 2.24) is 122 Å². The molecule has 0 atom stereocenters. The first-order chi connectivity index (χ1) is 57.9. The summed E-state index contributed by atoms with van der Waals surface area (Å²) >= 11 is 26.7. The van der Waals surface area contributed by atoms with Gasteiger partial charge in [-0.05, 0) is 119 Å². The second kappa shape index (κ2) is 39.4. The van der Waals surface area contributed by atoms with Crippen molar-refractivity contribution in [2.24, 2.45) is 0 Å². The van der Waals surface area contributed by atoms with Gasteiger partial charge < -0.3 is 28.5 Å². The maximum absolute atomic E-state index is 10.1. The summed E-state index contributed by atoms with van der Waals surface area (Å²) in [6.45, 7) is 11.3. The highest BCUT2D eigenvalue weighted by atomic mass is 35.5. The molecule has 0 aliphatic carbocycles. The number of halogens is 4. The van der Waals surface area contributed by atoms with Gasteiger partial charge in [-0.15, -0.1) is 15.3 Å². The van der Waals surface area contributed by atoms with E-state index in [1.54, 1.807) is 4.80 Å². The number of nitrogens with one attached hydrogen (secondary N) is 8. The molecule has 30 heteroatoms. The molecule has 0 unspecified atom stereocenters. The van der Waals surface area contributed by atoms with Gasteiger partial charge in [0.05, 0.1) is 42.5 Å². The second-order valence-corrected chi connectivity index (χ2v) is 30.9. The fourth-order valence-electron chi connectivity index (χ4n) is 15.3. The van der Waals surface area contributed by atoms with Crippen LogP contribution in [0.4, 0.5) is 0 Å². The summed E-state index contributed by atoms with van der Waals surface area (Å²) < 4.78 is 10.3. The third-order valence-electron chi connectivity index (χ3n) is 21.6. The Morgan fingerprint density at radius 2 is 0.661 bits per heavy atom. The molecule has 2 aliphatic rings. The first kappa shape index (κ1) is 82.6. The average molecular weight is 1660 g/mol. The molecule has 608 valence electrons. The summed E-state index contributed by atoms with van der Waals surface area (Å²) in [6.07, 6.45) is 11.3. The van der Waals surface area contributed by atoms with Gasteiger partial charge in [0.25, 0.3) is 0 Å². The highest BCUT2D eigenvalue weighted by Crippen LogP contribution is 2.37. The third-order valence-corrected chi connectivity index (χ3v) is 22.8. The van der Waals surface area contributed by atoms with E-state index in [-0.39, 0.29) is 25.5 Å². The van der Waals surface area contributed by atoms with Crippen molar-refractivity contribution in [2.45, 2.75) is 170 Å². The van der Waals surface area contributed by atoms with Crippen LogP contribution in [0.1, 0.15) is 171 Å².